The predicted octanol–water partition coefficient (Wildman–Crippen LogP) is 4.14. The predicted molar refractivity (Wildman–Crippen MR) is 85.8 cm³/mol. The lowest BCUT2D eigenvalue weighted by Crippen LogP contribution is -2.11. The van der Waals surface area contributed by atoms with Gasteiger partial charge in [-0.3, -0.25) is 4.79 Å². The van der Waals surface area contributed by atoms with Crippen molar-refractivity contribution in [1.29, 1.82) is 0 Å². The van der Waals surface area contributed by atoms with Gasteiger partial charge in [-0.15, -0.1) is 11.6 Å². The topological polar surface area (TPSA) is 31.2 Å². The average molecular weight is 306 g/mol. The van der Waals surface area contributed by atoms with Gasteiger partial charge in [-0.25, -0.2) is 0 Å². The second-order valence-electron chi connectivity index (χ2n) is 5.16. The van der Waals surface area contributed by atoms with E-state index in [1.54, 1.807) is 7.11 Å². The number of aromatic nitrogens is 1. The number of hydrogen-bond donors (Lipinski definition) is 0. The van der Waals surface area contributed by atoms with Crippen LogP contribution in [0.1, 0.15) is 40.3 Å². The van der Waals surface area contributed by atoms with Gasteiger partial charge in [0.2, 0.25) is 0 Å². The van der Waals surface area contributed by atoms with Crippen molar-refractivity contribution < 1.29 is 9.53 Å². The standard InChI is InChI=1S/C17H20ClNO2/c1-11-9-16(17(20)10-18)13(3)19(11)12(2)14-5-7-15(21-4)8-6-14/h5-9,12H,10H2,1-4H3. The second-order valence-corrected chi connectivity index (χ2v) is 5.43. The summed E-state index contributed by atoms with van der Waals surface area (Å²) in [6.45, 7) is 6.10. The van der Waals surface area contributed by atoms with Gasteiger partial charge in [0.1, 0.15) is 5.75 Å². The van der Waals surface area contributed by atoms with Crippen molar-refractivity contribution in [3.63, 3.8) is 0 Å². The van der Waals surface area contributed by atoms with Gasteiger partial charge in [0.05, 0.1) is 19.0 Å². The Morgan fingerprint density at radius 3 is 2.43 bits per heavy atom. The number of halogens is 1. The van der Waals surface area contributed by atoms with E-state index < -0.39 is 0 Å². The first kappa shape index (κ1) is 15.6. The van der Waals surface area contributed by atoms with Crippen LogP contribution < -0.4 is 4.74 Å². The van der Waals surface area contributed by atoms with E-state index in [0.29, 0.717) is 5.56 Å². The summed E-state index contributed by atoms with van der Waals surface area (Å²) in [5.74, 6) is 0.823. The Labute approximate surface area is 130 Å². The van der Waals surface area contributed by atoms with E-state index >= 15 is 0 Å². The molecule has 1 atom stereocenters. The SMILES string of the molecule is COc1ccc(C(C)n2c(C)cc(C(=O)CCl)c2C)cc1. The molecule has 0 N–H and O–H groups in total. The summed E-state index contributed by atoms with van der Waals surface area (Å²) in [4.78, 5) is 11.9. The van der Waals surface area contributed by atoms with Crippen LogP contribution in [0.5, 0.6) is 5.75 Å². The molecule has 0 amide bonds. The third-order valence-electron chi connectivity index (χ3n) is 3.89. The summed E-state index contributed by atoms with van der Waals surface area (Å²) in [7, 11) is 1.66. The molecule has 21 heavy (non-hydrogen) atoms. The van der Waals surface area contributed by atoms with Gasteiger partial charge < -0.3 is 9.30 Å². The molecule has 0 spiro atoms. The average Bonchev–Trinajstić information content (AvgIpc) is 2.80. The van der Waals surface area contributed by atoms with Crippen LogP contribution in [0.2, 0.25) is 0 Å². The third-order valence-corrected chi connectivity index (χ3v) is 4.13. The Morgan fingerprint density at radius 1 is 1.29 bits per heavy atom. The van der Waals surface area contributed by atoms with Gasteiger partial charge in [0.15, 0.2) is 5.78 Å². The molecule has 0 fully saturated rings. The summed E-state index contributed by atoms with van der Waals surface area (Å²) in [5.41, 5.74) is 3.90. The fraction of sp³-hybridized carbons (Fsp3) is 0.353. The van der Waals surface area contributed by atoms with Crippen LogP contribution in [-0.4, -0.2) is 23.3 Å². The highest BCUT2D eigenvalue weighted by Crippen LogP contribution is 2.27. The highest BCUT2D eigenvalue weighted by Gasteiger charge is 2.19. The molecule has 0 saturated heterocycles. The van der Waals surface area contributed by atoms with Crippen LogP contribution in [0.25, 0.3) is 0 Å². The van der Waals surface area contributed by atoms with E-state index in [2.05, 4.69) is 11.5 Å². The molecule has 0 saturated carbocycles. The smallest absolute Gasteiger partial charge is 0.179 e. The fourth-order valence-electron chi connectivity index (χ4n) is 2.76. The number of ketones is 1. The highest BCUT2D eigenvalue weighted by molar-refractivity contribution is 6.30. The number of carbonyl (C=O) groups is 1. The molecule has 2 aromatic rings. The molecule has 0 radical (unpaired) electrons. The Kier molecular flexibility index (Phi) is 4.73. The van der Waals surface area contributed by atoms with Crippen LogP contribution in [-0.2, 0) is 0 Å². The van der Waals surface area contributed by atoms with E-state index in [9.17, 15) is 4.79 Å². The van der Waals surface area contributed by atoms with Crippen LogP contribution in [0, 0.1) is 13.8 Å². The zero-order valence-corrected chi connectivity index (χ0v) is 13.6. The molecule has 112 valence electrons. The minimum atomic E-state index is -0.0297. The summed E-state index contributed by atoms with van der Waals surface area (Å²) in [6.07, 6.45) is 0. The van der Waals surface area contributed by atoms with Gasteiger partial charge >= 0.3 is 0 Å². The van der Waals surface area contributed by atoms with Crippen LogP contribution in [0.15, 0.2) is 30.3 Å². The number of hydrogen-bond acceptors (Lipinski definition) is 2. The van der Waals surface area contributed by atoms with Crippen molar-refractivity contribution >= 4 is 17.4 Å². The molecule has 2 rings (SSSR count). The Hall–Kier alpha value is -1.74. The maximum Gasteiger partial charge on any atom is 0.179 e. The molecular weight excluding hydrogens is 286 g/mol. The molecule has 0 bridgehead atoms. The minimum Gasteiger partial charge on any atom is -0.497 e. The lowest BCUT2D eigenvalue weighted by atomic mass is 10.1. The monoisotopic (exact) mass is 305 g/mol. The first-order valence-corrected chi connectivity index (χ1v) is 7.44. The largest absolute Gasteiger partial charge is 0.497 e. The van der Waals surface area contributed by atoms with Gasteiger partial charge in [-0.1, -0.05) is 12.1 Å². The highest BCUT2D eigenvalue weighted by atomic mass is 35.5. The molecule has 3 nitrogen and oxygen atoms in total. The molecule has 1 heterocycles. The van der Waals surface area contributed by atoms with Crippen molar-refractivity contribution in [2.75, 3.05) is 13.0 Å². The number of ether oxygens (including phenoxy) is 1. The molecule has 0 aliphatic rings. The summed E-state index contributed by atoms with van der Waals surface area (Å²) in [6, 6.07) is 10.1. The number of rotatable bonds is 5. The van der Waals surface area contributed by atoms with E-state index in [1.807, 2.05) is 44.2 Å². The molecule has 0 aliphatic heterocycles. The van der Waals surface area contributed by atoms with E-state index in [0.717, 1.165) is 17.1 Å². The summed E-state index contributed by atoms with van der Waals surface area (Å²) < 4.78 is 7.35. The zero-order chi connectivity index (χ0) is 15.6. The summed E-state index contributed by atoms with van der Waals surface area (Å²) >= 11 is 5.68. The molecule has 4 heteroatoms. The molecule has 1 unspecified atom stereocenters. The molecule has 0 aliphatic carbocycles. The number of carbonyl (C=O) groups excluding carboxylic acids is 1. The number of aryl methyl sites for hydroxylation is 1. The van der Waals surface area contributed by atoms with Gasteiger partial charge in [0, 0.05) is 17.0 Å². The minimum absolute atomic E-state index is 0.0151. The Bertz CT molecular complexity index is 644. The number of methoxy groups -OCH3 is 1. The third kappa shape index (κ3) is 2.98. The summed E-state index contributed by atoms with van der Waals surface area (Å²) in [5, 5.41) is 0. The number of nitrogens with zero attached hydrogens (tertiary/aromatic N) is 1. The molecular formula is C17H20ClNO2. The van der Waals surface area contributed by atoms with Gasteiger partial charge in [-0.05, 0) is 44.5 Å². The van der Waals surface area contributed by atoms with Crippen molar-refractivity contribution in [3.8, 4) is 5.75 Å². The van der Waals surface area contributed by atoms with Crippen molar-refractivity contribution in [2.45, 2.75) is 26.8 Å². The Morgan fingerprint density at radius 2 is 1.90 bits per heavy atom. The van der Waals surface area contributed by atoms with E-state index in [-0.39, 0.29) is 17.7 Å². The van der Waals surface area contributed by atoms with Crippen molar-refractivity contribution in [2.24, 2.45) is 0 Å². The lowest BCUT2D eigenvalue weighted by Gasteiger charge is -2.19. The van der Waals surface area contributed by atoms with Crippen LogP contribution >= 0.6 is 11.6 Å². The Balaban J connectivity index is 2.40. The molecule has 1 aromatic heterocycles. The van der Waals surface area contributed by atoms with Crippen LogP contribution in [0.4, 0.5) is 0 Å². The quantitative estimate of drug-likeness (QED) is 0.614. The van der Waals surface area contributed by atoms with Gasteiger partial charge in [0.25, 0.3) is 0 Å². The number of alkyl halides is 1. The number of Topliss-reactive ketones (excluding diaryl/α,β-unsaturated/α-hetero) is 1. The second kappa shape index (κ2) is 6.35. The molecule has 1 aromatic carbocycles. The fourth-order valence-corrected chi connectivity index (χ4v) is 2.90. The maximum absolute atomic E-state index is 11.9. The first-order valence-electron chi connectivity index (χ1n) is 6.91. The number of benzene rings is 1. The van der Waals surface area contributed by atoms with Crippen LogP contribution in [0.3, 0.4) is 0 Å². The normalized spacial score (nSPS) is 12.2. The zero-order valence-electron chi connectivity index (χ0n) is 12.8. The van der Waals surface area contributed by atoms with E-state index in [4.69, 9.17) is 16.3 Å². The van der Waals surface area contributed by atoms with Crippen molar-refractivity contribution in [3.05, 3.63) is 52.8 Å². The van der Waals surface area contributed by atoms with E-state index in [1.165, 1.54) is 5.56 Å². The first-order chi connectivity index (χ1) is 9.99. The van der Waals surface area contributed by atoms with Gasteiger partial charge in [-0.2, -0.15) is 0 Å². The maximum atomic E-state index is 11.9. The van der Waals surface area contributed by atoms with Crippen molar-refractivity contribution in [1.82, 2.24) is 4.57 Å². The lowest BCUT2D eigenvalue weighted by molar-refractivity contribution is 0.102.